The van der Waals surface area contributed by atoms with E-state index in [1.54, 1.807) is 7.11 Å². The maximum atomic E-state index is 12.8. The Kier molecular flexibility index (Phi) is 4.69. The largest absolute Gasteiger partial charge is 0.497 e. The van der Waals surface area contributed by atoms with Gasteiger partial charge in [0, 0.05) is 17.0 Å². The number of imidazole rings is 1. The molecular weight excluding hydrogens is 376 g/mol. The van der Waals surface area contributed by atoms with Crippen LogP contribution in [0.2, 0.25) is 0 Å². The van der Waals surface area contributed by atoms with Crippen LogP contribution >= 0.6 is 0 Å². The fourth-order valence-electron chi connectivity index (χ4n) is 4.44. The van der Waals surface area contributed by atoms with Crippen molar-refractivity contribution in [1.29, 1.82) is 0 Å². The number of hydrogen-bond acceptors (Lipinski definition) is 4. The number of nitrogens with zero attached hydrogens (tertiary/aromatic N) is 2. The van der Waals surface area contributed by atoms with E-state index < -0.39 is 0 Å². The summed E-state index contributed by atoms with van der Waals surface area (Å²) >= 11 is 0. The molecule has 6 nitrogen and oxygen atoms in total. The molecule has 1 saturated carbocycles. The Morgan fingerprint density at radius 2 is 1.83 bits per heavy atom. The molecule has 2 aromatic carbocycles. The zero-order chi connectivity index (χ0) is 20.7. The molecule has 2 aromatic heterocycles. The van der Waals surface area contributed by atoms with Crippen LogP contribution in [0.25, 0.3) is 27.7 Å². The fraction of sp³-hybridized carbons (Fsp3) is 0.333. The maximum absolute atomic E-state index is 12.8. The van der Waals surface area contributed by atoms with Gasteiger partial charge in [0.05, 0.1) is 12.5 Å². The van der Waals surface area contributed by atoms with E-state index in [9.17, 15) is 4.79 Å². The normalized spacial score (nSPS) is 15.0. The van der Waals surface area contributed by atoms with Crippen LogP contribution in [0.3, 0.4) is 0 Å². The maximum Gasteiger partial charge on any atom is 0.270 e. The molecule has 1 aliphatic rings. The van der Waals surface area contributed by atoms with Crippen LogP contribution in [-0.2, 0) is 0 Å². The summed E-state index contributed by atoms with van der Waals surface area (Å²) in [5.41, 5.74) is 3.58. The summed E-state index contributed by atoms with van der Waals surface area (Å²) < 4.78 is 7.15. The molecule has 2 N–H and O–H groups in total. The quantitative estimate of drug-likeness (QED) is 0.509. The molecule has 1 fully saturated rings. The van der Waals surface area contributed by atoms with Crippen LogP contribution in [0.5, 0.6) is 5.75 Å². The van der Waals surface area contributed by atoms with Gasteiger partial charge in [0.15, 0.2) is 11.5 Å². The Bertz CT molecular complexity index is 1260. The van der Waals surface area contributed by atoms with Crippen molar-refractivity contribution >= 4 is 22.2 Å². The third-order valence-electron chi connectivity index (χ3n) is 6.06. The third kappa shape index (κ3) is 3.22. The number of aromatic amines is 1. The molecule has 0 amide bonds. The highest BCUT2D eigenvalue weighted by Crippen LogP contribution is 2.33. The number of methoxy groups -OCH3 is 1. The number of rotatable bonds is 4. The van der Waals surface area contributed by atoms with E-state index in [0.29, 0.717) is 11.4 Å². The smallest absolute Gasteiger partial charge is 0.270 e. The first kappa shape index (κ1) is 18.7. The van der Waals surface area contributed by atoms with Crippen molar-refractivity contribution < 1.29 is 4.74 Å². The van der Waals surface area contributed by atoms with E-state index in [1.165, 1.54) is 19.3 Å². The van der Waals surface area contributed by atoms with Crippen LogP contribution in [-0.4, -0.2) is 27.7 Å². The van der Waals surface area contributed by atoms with Crippen molar-refractivity contribution in [3.8, 4) is 17.0 Å². The van der Waals surface area contributed by atoms with E-state index in [0.717, 1.165) is 52.3 Å². The number of aromatic nitrogens is 3. The number of anilines is 1. The van der Waals surface area contributed by atoms with Crippen LogP contribution in [0, 0.1) is 6.92 Å². The third-order valence-corrected chi connectivity index (χ3v) is 6.06. The summed E-state index contributed by atoms with van der Waals surface area (Å²) in [5, 5.41) is 8.26. The van der Waals surface area contributed by atoms with E-state index in [1.807, 2.05) is 53.9 Å². The lowest BCUT2D eigenvalue weighted by atomic mass is 9.95. The van der Waals surface area contributed by atoms with E-state index in [-0.39, 0.29) is 5.56 Å². The molecule has 0 radical (unpaired) electrons. The predicted molar refractivity (Wildman–Crippen MR) is 121 cm³/mol. The van der Waals surface area contributed by atoms with Gasteiger partial charge in [-0.15, -0.1) is 0 Å². The van der Waals surface area contributed by atoms with Crippen molar-refractivity contribution in [3.05, 3.63) is 58.4 Å². The Labute approximate surface area is 174 Å². The zero-order valence-electron chi connectivity index (χ0n) is 17.4. The zero-order valence-corrected chi connectivity index (χ0v) is 17.4. The van der Waals surface area contributed by atoms with Crippen molar-refractivity contribution in [2.75, 3.05) is 12.4 Å². The molecule has 0 saturated heterocycles. The van der Waals surface area contributed by atoms with Gasteiger partial charge >= 0.3 is 0 Å². The van der Waals surface area contributed by atoms with Crippen molar-refractivity contribution in [3.63, 3.8) is 0 Å². The molecule has 0 atom stereocenters. The van der Waals surface area contributed by atoms with E-state index in [4.69, 9.17) is 9.72 Å². The van der Waals surface area contributed by atoms with Gasteiger partial charge in [-0.3, -0.25) is 9.89 Å². The van der Waals surface area contributed by atoms with Crippen LogP contribution in [0.1, 0.15) is 37.7 Å². The highest BCUT2D eigenvalue weighted by molar-refractivity contribution is 5.96. The van der Waals surface area contributed by atoms with Crippen molar-refractivity contribution in [2.45, 2.75) is 45.1 Å². The van der Waals surface area contributed by atoms with Gasteiger partial charge in [0.1, 0.15) is 11.4 Å². The van der Waals surface area contributed by atoms with E-state index >= 15 is 0 Å². The SMILES string of the molecule is COc1ccc(-c2nc3c4cc(C)ccc4c(=O)[nH]n3c2NC2CCCCC2)cc1. The van der Waals surface area contributed by atoms with Crippen LogP contribution in [0.4, 0.5) is 5.82 Å². The molecule has 0 aliphatic heterocycles. The Morgan fingerprint density at radius 1 is 1.07 bits per heavy atom. The Balaban J connectivity index is 1.75. The Morgan fingerprint density at radius 3 is 2.57 bits per heavy atom. The first-order valence-electron chi connectivity index (χ1n) is 10.6. The van der Waals surface area contributed by atoms with Gasteiger partial charge in [-0.1, -0.05) is 30.9 Å². The average molecular weight is 402 g/mol. The molecule has 0 bridgehead atoms. The van der Waals surface area contributed by atoms with Crippen LogP contribution < -0.4 is 15.6 Å². The average Bonchev–Trinajstić information content (AvgIpc) is 3.13. The number of benzene rings is 2. The molecule has 0 unspecified atom stereocenters. The van der Waals surface area contributed by atoms with Gasteiger partial charge in [-0.2, -0.15) is 0 Å². The minimum Gasteiger partial charge on any atom is -0.497 e. The first-order chi connectivity index (χ1) is 14.6. The minimum atomic E-state index is -0.108. The summed E-state index contributed by atoms with van der Waals surface area (Å²) in [6, 6.07) is 14.2. The second kappa shape index (κ2) is 7.52. The Hall–Kier alpha value is -3.28. The summed E-state index contributed by atoms with van der Waals surface area (Å²) in [6.07, 6.45) is 6.01. The lowest BCUT2D eigenvalue weighted by Gasteiger charge is -2.24. The number of nitrogens with one attached hydrogen (secondary N) is 2. The highest BCUT2D eigenvalue weighted by atomic mass is 16.5. The molecule has 4 aromatic rings. The molecule has 30 heavy (non-hydrogen) atoms. The number of aryl methyl sites for hydroxylation is 1. The number of fused-ring (bicyclic) bond motifs is 3. The fourth-order valence-corrected chi connectivity index (χ4v) is 4.44. The predicted octanol–water partition coefficient (Wildman–Crippen LogP) is 4.90. The number of ether oxygens (including phenoxy) is 1. The second-order valence-corrected chi connectivity index (χ2v) is 8.17. The lowest BCUT2D eigenvalue weighted by molar-refractivity contribution is 0.415. The van der Waals surface area contributed by atoms with Crippen LogP contribution in [0.15, 0.2) is 47.3 Å². The van der Waals surface area contributed by atoms with Crippen molar-refractivity contribution in [1.82, 2.24) is 14.6 Å². The summed E-state index contributed by atoms with van der Waals surface area (Å²) in [6.45, 7) is 2.03. The van der Waals surface area contributed by atoms with Gasteiger partial charge in [-0.25, -0.2) is 9.50 Å². The summed E-state index contributed by atoms with van der Waals surface area (Å²) in [4.78, 5) is 17.8. The van der Waals surface area contributed by atoms with E-state index in [2.05, 4.69) is 10.4 Å². The number of H-pyrrole nitrogens is 1. The minimum absolute atomic E-state index is 0.108. The molecule has 6 heteroatoms. The topological polar surface area (TPSA) is 71.4 Å². The molecule has 0 spiro atoms. The van der Waals surface area contributed by atoms with Gasteiger partial charge in [-0.05, 0) is 56.2 Å². The van der Waals surface area contributed by atoms with Crippen molar-refractivity contribution in [2.24, 2.45) is 0 Å². The first-order valence-corrected chi connectivity index (χ1v) is 10.6. The number of hydrogen-bond donors (Lipinski definition) is 2. The van der Waals surface area contributed by atoms with Gasteiger partial charge in [0.2, 0.25) is 0 Å². The molecule has 2 heterocycles. The highest BCUT2D eigenvalue weighted by Gasteiger charge is 2.22. The standard InChI is InChI=1S/C24H26N4O2/c1-15-8-13-19-20(14-15)22-26-21(16-9-11-18(30-2)12-10-16)23(28(22)27-24(19)29)25-17-6-4-3-5-7-17/h8-14,17,25H,3-7H2,1-2H3,(H,27,29). The van der Waals surface area contributed by atoms with Gasteiger partial charge in [0.25, 0.3) is 5.56 Å². The molecule has 5 rings (SSSR count). The summed E-state index contributed by atoms with van der Waals surface area (Å²) in [7, 11) is 1.66. The molecule has 1 aliphatic carbocycles. The van der Waals surface area contributed by atoms with Gasteiger partial charge < -0.3 is 10.1 Å². The lowest BCUT2D eigenvalue weighted by Crippen LogP contribution is -2.24. The second-order valence-electron chi connectivity index (χ2n) is 8.17. The summed E-state index contributed by atoms with van der Waals surface area (Å²) in [5.74, 6) is 1.65. The molecule has 154 valence electrons. The monoisotopic (exact) mass is 402 g/mol. The molecular formula is C24H26N4O2.